The van der Waals surface area contributed by atoms with E-state index in [9.17, 15) is 4.79 Å². The number of anilines is 2. The van der Waals surface area contributed by atoms with E-state index >= 15 is 0 Å². The molecule has 0 radical (unpaired) electrons. The quantitative estimate of drug-likeness (QED) is 0.171. The topological polar surface area (TPSA) is 85.8 Å². The molecule has 1 atom stereocenters. The summed E-state index contributed by atoms with van der Waals surface area (Å²) in [6, 6.07) is 10.2. The van der Waals surface area contributed by atoms with Gasteiger partial charge in [0, 0.05) is 47.9 Å². The lowest BCUT2D eigenvalue weighted by molar-refractivity contribution is -0.171. The van der Waals surface area contributed by atoms with Crippen molar-refractivity contribution >= 4 is 17.5 Å². The summed E-state index contributed by atoms with van der Waals surface area (Å²) in [5.41, 5.74) is 6.27. The predicted octanol–water partition coefficient (Wildman–Crippen LogP) is 7.99. The number of benzene rings is 1. The Labute approximate surface area is 269 Å². The number of nitrogens with one attached hydrogen (secondary N) is 1. The largest absolute Gasteiger partial charge is 0.491 e. The number of pyridine rings is 2. The molecule has 1 aliphatic heterocycles. The molecule has 0 spiro atoms. The van der Waals surface area contributed by atoms with Gasteiger partial charge in [-0.05, 0) is 96.9 Å². The minimum Gasteiger partial charge on any atom is -0.491 e. The fourth-order valence-corrected chi connectivity index (χ4v) is 5.70. The lowest BCUT2D eigenvalue weighted by atomic mass is 9.82. The smallest absolute Gasteiger partial charge is 0.340 e. The van der Waals surface area contributed by atoms with Gasteiger partial charge in [0.15, 0.2) is 6.10 Å². The van der Waals surface area contributed by atoms with Gasteiger partial charge in [0.1, 0.15) is 18.2 Å². The summed E-state index contributed by atoms with van der Waals surface area (Å²) in [5, 5.41) is 3.37. The minimum absolute atomic E-state index is 0.257. The molecule has 0 bridgehead atoms. The third-order valence-electron chi connectivity index (χ3n) is 8.16. The Hall–Kier alpha value is -3.65. The lowest BCUT2D eigenvalue weighted by Crippen LogP contribution is -2.39. The van der Waals surface area contributed by atoms with Crippen LogP contribution >= 0.6 is 0 Å². The van der Waals surface area contributed by atoms with Gasteiger partial charge in [0.25, 0.3) is 0 Å². The molecule has 8 nitrogen and oxygen atoms in total. The molecule has 45 heavy (non-hydrogen) atoms. The van der Waals surface area contributed by atoms with E-state index in [1.54, 1.807) is 0 Å². The van der Waals surface area contributed by atoms with Crippen LogP contribution in [0.2, 0.25) is 0 Å². The van der Waals surface area contributed by atoms with Gasteiger partial charge in [-0.3, -0.25) is 4.98 Å². The third kappa shape index (κ3) is 8.97. The van der Waals surface area contributed by atoms with Crippen LogP contribution in [0.15, 0.2) is 42.7 Å². The second kappa shape index (κ2) is 14.2. The Morgan fingerprint density at radius 2 is 1.67 bits per heavy atom. The zero-order valence-corrected chi connectivity index (χ0v) is 28.9. The van der Waals surface area contributed by atoms with Crippen LogP contribution in [0.3, 0.4) is 0 Å². The van der Waals surface area contributed by atoms with Gasteiger partial charge in [-0.15, -0.1) is 0 Å². The number of aromatic nitrogens is 2. The Kier molecular flexibility index (Phi) is 10.8. The van der Waals surface area contributed by atoms with Crippen molar-refractivity contribution < 1.29 is 19.0 Å². The number of nitrogens with zero attached hydrogens (tertiary/aromatic N) is 3. The van der Waals surface area contributed by atoms with Crippen LogP contribution in [-0.2, 0) is 14.3 Å². The van der Waals surface area contributed by atoms with Gasteiger partial charge in [0.2, 0.25) is 0 Å². The van der Waals surface area contributed by atoms with Crippen LogP contribution in [0.1, 0.15) is 89.8 Å². The minimum atomic E-state index is -0.921. The van der Waals surface area contributed by atoms with Crippen molar-refractivity contribution in [3.05, 3.63) is 65.1 Å². The molecule has 3 aromatic rings. The van der Waals surface area contributed by atoms with Crippen molar-refractivity contribution in [3.63, 3.8) is 0 Å². The summed E-state index contributed by atoms with van der Waals surface area (Å²) in [4.78, 5) is 25.6. The SMILES string of the molecule is Cc1cccc(C)c1OCCNc1ccc(-c2cnc(C)c([C@H](OC(C)(C)C)C(=O)OC(C)C)c2N2CCC(C)(C)CC2)cn1. The van der Waals surface area contributed by atoms with Gasteiger partial charge in [-0.2, -0.15) is 0 Å². The molecule has 1 fully saturated rings. The van der Waals surface area contributed by atoms with Gasteiger partial charge in [-0.1, -0.05) is 32.0 Å². The second-order valence-electron chi connectivity index (χ2n) is 14.2. The average molecular weight is 617 g/mol. The lowest BCUT2D eigenvalue weighted by Gasteiger charge is -2.41. The summed E-state index contributed by atoms with van der Waals surface area (Å²) in [6.07, 6.45) is 4.66. The van der Waals surface area contributed by atoms with Crippen molar-refractivity contribution in [1.29, 1.82) is 0 Å². The molecular formula is C37H52N4O4. The Morgan fingerprint density at radius 3 is 2.24 bits per heavy atom. The number of rotatable bonds is 11. The molecule has 1 N–H and O–H groups in total. The van der Waals surface area contributed by atoms with Crippen LogP contribution in [0, 0.1) is 26.2 Å². The average Bonchev–Trinajstić information content (AvgIpc) is 2.95. The number of aryl methyl sites for hydroxylation is 3. The normalized spacial score (nSPS) is 15.6. The van der Waals surface area contributed by atoms with E-state index in [1.807, 2.05) is 66.1 Å². The molecule has 0 amide bonds. The molecule has 1 aliphatic rings. The van der Waals surface area contributed by atoms with Crippen LogP contribution in [0.4, 0.5) is 11.5 Å². The maximum absolute atomic E-state index is 13.6. The van der Waals surface area contributed by atoms with Gasteiger partial charge in [0.05, 0.1) is 23.9 Å². The summed E-state index contributed by atoms with van der Waals surface area (Å²) >= 11 is 0. The van der Waals surface area contributed by atoms with Crippen molar-refractivity contribution in [3.8, 4) is 16.9 Å². The number of para-hydroxylation sites is 1. The molecule has 1 aromatic carbocycles. The zero-order chi connectivity index (χ0) is 32.9. The Balaban J connectivity index is 1.66. The van der Waals surface area contributed by atoms with E-state index in [0.717, 1.165) is 76.7 Å². The summed E-state index contributed by atoms with van der Waals surface area (Å²) < 4.78 is 18.3. The number of esters is 1. The third-order valence-corrected chi connectivity index (χ3v) is 8.16. The fourth-order valence-electron chi connectivity index (χ4n) is 5.70. The van der Waals surface area contributed by atoms with E-state index in [0.29, 0.717) is 13.2 Å². The highest BCUT2D eigenvalue weighted by molar-refractivity contribution is 5.87. The van der Waals surface area contributed by atoms with Crippen LogP contribution in [0.25, 0.3) is 11.1 Å². The first-order chi connectivity index (χ1) is 21.1. The highest BCUT2D eigenvalue weighted by Crippen LogP contribution is 2.43. The molecule has 4 rings (SSSR count). The van der Waals surface area contributed by atoms with Gasteiger partial charge >= 0.3 is 5.97 Å². The number of piperidine rings is 1. The van der Waals surface area contributed by atoms with E-state index in [2.05, 4.69) is 56.1 Å². The van der Waals surface area contributed by atoms with Crippen LogP contribution < -0.4 is 15.0 Å². The first-order valence-electron chi connectivity index (χ1n) is 16.2. The molecule has 0 saturated carbocycles. The molecule has 1 saturated heterocycles. The van der Waals surface area contributed by atoms with Crippen molar-refractivity contribution in [2.24, 2.45) is 5.41 Å². The molecule has 0 aliphatic carbocycles. The molecular weight excluding hydrogens is 564 g/mol. The number of hydrogen-bond acceptors (Lipinski definition) is 8. The van der Waals surface area contributed by atoms with Gasteiger partial charge in [-0.25, -0.2) is 9.78 Å². The first-order valence-corrected chi connectivity index (χ1v) is 16.2. The van der Waals surface area contributed by atoms with E-state index in [1.165, 1.54) is 0 Å². The fraction of sp³-hybridized carbons (Fsp3) is 0.541. The number of carbonyl (C=O) groups excluding carboxylic acids is 1. The number of ether oxygens (including phenoxy) is 3. The van der Waals surface area contributed by atoms with Gasteiger partial charge < -0.3 is 24.4 Å². The zero-order valence-electron chi connectivity index (χ0n) is 28.9. The highest BCUT2D eigenvalue weighted by atomic mass is 16.6. The highest BCUT2D eigenvalue weighted by Gasteiger charge is 2.37. The van der Waals surface area contributed by atoms with E-state index in [-0.39, 0.29) is 11.5 Å². The molecule has 244 valence electrons. The molecule has 0 unspecified atom stereocenters. The summed E-state index contributed by atoms with van der Waals surface area (Å²) in [5.74, 6) is 1.30. The van der Waals surface area contributed by atoms with Crippen molar-refractivity contribution in [2.45, 2.75) is 99.9 Å². The maximum Gasteiger partial charge on any atom is 0.340 e. The van der Waals surface area contributed by atoms with E-state index in [4.69, 9.17) is 24.2 Å². The van der Waals surface area contributed by atoms with Crippen molar-refractivity contribution in [1.82, 2.24) is 9.97 Å². The molecule has 3 heterocycles. The van der Waals surface area contributed by atoms with Crippen LogP contribution in [0.5, 0.6) is 5.75 Å². The maximum atomic E-state index is 13.6. The predicted molar refractivity (Wildman–Crippen MR) is 182 cm³/mol. The monoisotopic (exact) mass is 616 g/mol. The molecule has 2 aromatic heterocycles. The summed E-state index contributed by atoms with van der Waals surface area (Å²) in [7, 11) is 0. The standard InChI is InChI=1S/C37H52N4O4/c1-24(2)44-35(42)34(45-36(6,7)8)31-27(5)39-23-29(32(31)41-19-16-37(9,10)17-20-41)28-14-15-30(40-22-28)38-18-21-43-33-25(3)12-11-13-26(33)4/h11-15,22-24,34H,16-21H2,1-10H3,(H,38,40)/t34-/m0/s1. The second-order valence-corrected chi connectivity index (χ2v) is 14.2. The Bertz CT molecular complexity index is 1430. The number of carbonyl (C=O) groups is 1. The van der Waals surface area contributed by atoms with Crippen molar-refractivity contribution in [2.75, 3.05) is 36.5 Å². The molecule has 8 heteroatoms. The number of hydrogen-bond donors (Lipinski definition) is 1. The Morgan fingerprint density at radius 1 is 1.00 bits per heavy atom. The first kappa shape index (κ1) is 34.2. The van der Waals surface area contributed by atoms with Crippen LogP contribution in [-0.4, -0.2) is 53.9 Å². The summed E-state index contributed by atoms with van der Waals surface area (Å²) in [6.45, 7) is 23.2. The van der Waals surface area contributed by atoms with E-state index < -0.39 is 17.7 Å².